The van der Waals surface area contributed by atoms with Gasteiger partial charge in [-0.1, -0.05) is 308 Å². The summed E-state index contributed by atoms with van der Waals surface area (Å²) in [5.74, 6) is 0.865. The van der Waals surface area contributed by atoms with Crippen molar-refractivity contribution >= 4 is 0 Å². The zero-order valence-electron chi connectivity index (χ0n) is 63.3. The predicted molar refractivity (Wildman–Crippen MR) is 379 cm³/mol. The van der Waals surface area contributed by atoms with Crippen LogP contribution in [0.4, 0.5) is 13.2 Å². The molecular weight excluding hydrogens is 1040 g/mol. The van der Waals surface area contributed by atoms with Crippen molar-refractivity contribution in [2.75, 3.05) is 53.2 Å². The third-order valence-corrected chi connectivity index (χ3v) is 13.8. The van der Waals surface area contributed by atoms with Gasteiger partial charge in [-0.2, -0.15) is 0 Å². The molecule has 0 radical (unpaired) electrons. The van der Waals surface area contributed by atoms with Gasteiger partial charge in [-0.15, -0.1) is 0 Å². The monoisotopic (exact) mass is 1200 g/mol. The average molecular weight is 1200 g/mol. The Morgan fingerprint density at radius 1 is 0.429 bits per heavy atom. The summed E-state index contributed by atoms with van der Waals surface area (Å²) in [6.45, 7) is 69.3. The van der Waals surface area contributed by atoms with Gasteiger partial charge >= 0.3 is 0 Å². The van der Waals surface area contributed by atoms with Crippen LogP contribution < -0.4 is 0 Å². The average Bonchev–Trinajstić information content (AvgIpc) is 3.32. The first-order valence-electron chi connectivity index (χ1n) is 34.9. The van der Waals surface area contributed by atoms with Crippen molar-refractivity contribution in [1.29, 1.82) is 0 Å². The van der Waals surface area contributed by atoms with Gasteiger partial charge in [0, 0.05) is 39.8 Å². The van der Waals surface area contributed by atoms with Gasteiger partial charge < -0.3 is 9.47 Å². The van der Waals surface area contributed by atoms with Crippen molar-refractivity contribution in [2.24, 2.45) is 49.2 Å². The summed E-state index contributed by atoms with van der Waals surface area (Å²) < 4.78 is 45.0. The Bertz CT molecular complexity index is 1430. The lowest BCUT2D eigenvalue weighted by Gasteiger charge is -2.32. The van der Waals surface area contributed by atoms with Gasteiger partial charge in [-0.25, -0.2) is 8.78 Å². The highest BCUT2D eigenvalue weighted by atomic mass is 19.3. The molecule has 2 rings (SSSR count). The van der Waals surface area contributed by atoms with Crippen LogP contribution in [0.3, 0.4) is 0 Å². The van der Waals surface area contributed by atoms with E-state index < -0.39 is 6.43 Å². The van der Waals surface area contributed by atoms with Crippen molar-refractivity contribution in [3.63, 3.8) is 0 Å². The van der Waals surface area contributed by atoms with E-state index in [9.17, 15) is 13.2 Å². The minimum absolute atomic E-state index is 0.0528. The molecule has 0 aliphatic carbocycles. The zero-order valence-corrected chi connectivity index (χ0v) is 63.3. The number of alkyl halides is 3. The van der Waals surface area contributed by atoms with Gasteiger partial charge in [0.05, 0.1) is 19.9 Å². The molecule has 6 heteroatoms. The smallest absolute Gasteiger partial charge is 0.238 e. The molecule has 510 valence electrons. The molecule has 84 heavy (non-hydrogen) atoms. The number of halogens is 3. The molecule has 1 aliphatic rings. The molecule has 0 saturated carbocycles. The molecule has 1 aromatic carbocycles. The lowest BCUT2D eigenvalue weighted by molar-refractivity contribution is 0.0236. The number of aryl methyl sites for hydroxylation is 1. The Morgan fingerprint density at radius 3 is 1.12 bits per heavy atom. The minimum Gasteiger partial charge on any atom is -0.385 e. The van der Waals surface area contributed by atoms with E-state index in [1.807, 2.05) is 0 Å². The maximum atomic E-state index is 11.6. The van der Waals surface area contributed by atoms with E-state index in [4.69, 9.17) is 9.47 Å². The predicted octanol–water partition coefficient (Wildman–Crippen LogP) is 27.2. The lowest BCUT2D eigenvalue weighted by Crippen LogP contribution is -2.41. The Balaban J connectivity index is -0.000000208. The molecule has 1 saturated heterocycles. The van der Waals surface area contributed by atoms with Gasteiger partial charge in [0.2, 0.25) is 6.43 Å². The second-order valence-electron chi connectivity index (χ2n) is 34.9. The highest BCUT2D eigenvalue weighted by Crippen LogP contribution is 2.27. The van der Waals surface area contributed by atoms with Gasteiger partial charge in [0.15, 0.2) is 0 Å². The van der Waals surface area contributed by atoms with Crippen LogP contribution in [0, 0.1) is 49.2 Å². The van der Waals surface area contributed by atoms with E-state index in [0.29, 0.717) is 44.3 Å². The molecule has 0 unspecified atom stereocenters. The van der Waals surface area contributed by atoms with Crippen LogP contribution in [0.25, 0.3) is 0 Å². The third-order valence-electron chi connectivity index (χ3n) is 13.8. The number of methoxy groups -OCH3 is 1. The molecule has 1 aromatic rings. The number of ether oxygens (including phenoxy) is 2. The molecule has 3 nitrogen and oxygen atoms in total. The lowest BCUT2D eigenvalue weighted by atomic mass is 9.88. The quantitative estimate of drug-likeness (QED) is 0.0863. The first-order valence-corrected chi connectivity index (χ1v) is 34.9. The van der Waals surface area contributed by atoms with Gasteiger partial charge in [-0.05, 0) is 132 Å². The van der Waals surface area contributed by atoms with Crippen LogP contribution in [-0.2, 0) is 15.9 Å². The van der Waals surface area contributed by atoms with E-state index in [1.165, 1.54) is 141 Å². The maximum Gasteiger partial charge on any atom is 0.238 e. The van der Waals surface area contributed by atoms with Crippen molar-refractivity contribution < 1.29 is 22.6 Å². The first-order chi connectivity index (χ1) is 38.2. The van der Waals surface area contributed by atoms with E-state index in [1.54, 1.807) is 7.11 Å². The van der Waals surface area contributed by atoms with E-state index in [-0.39, 0.29) is 18.5 Å². The van der Waals surface area contributed by atoms with Crippen LogP contribution in [-0.4, -0.2) is 64.6 Å². The number of morpholine rings is 1. The Labute approximate surface area is 530 Å². The molecule has 0 bridgehead atoms. The highest BCUT2D eigenvalue weighted by molar-refractivity contribution is 5.14. The Hall–Kier alpha value is -1.11. The summed E-state index contributed by atoms with van der Waals surface area (Å²) in [5.41, 5.74) is 5.10. The number of nitrogens with zero attached hydrogens (tertiary/aromatic N) is 1. The van der Waals surface area contributed by atoms with Crippen molar-refractivity contribution in [1.82, 2.24) is 4.90 Å². The van der Waals surface area contributed by atoms with E-state index in [2.05, 4.69) is 229 Å². The second-order valence-corrected chi connectivity index (χ2v) is 34.9. The fraction of sp³-hybridized carbons (Fsp3) is 0.923. The Morgan fingerprint density at radius 2 is 0.786 bits per heavy atom. The summed E-state index contributed by atoms with van der Waals surface area (Å²) in [7, 11) is 1.77. The molecule has 0 atom stereocenters. The number of unbranched alkanes of at least 4 members (excludes halogenated alkanes) is 10. The van der Waals surface area contributed by atoms with E-state index in [0.717, 1.165) is 64.5 Å². The number of hydrogen-bond donors (Lipinski definition) is 0. The topological polar surface area (TPSA) is 21.7 Å². The molecule has 1 fully saturated rings. The molecule has 0 N–H and O–H groups in total. The standard InChI is InChI=1S/C13H20.C13H28.C10H22O.C9H19NO.C9H20.C8H16F2.C8H17F.C8H18/c1-13(2,3)11-7-10-12-8-5-4-6-9-12;1-5-6-7-8-9-10-11-12-13(2,3)4;1-10(2,3)8-6-5-7-9-11-4;1-9(2,3)8-10-4-6-11-7-5-10;1-8(2)6-7-9(3,4)5;1-8(2,3)6-4-5-7(9)10;1-8(2,3)6-4-5-7-9;1-5-6-7-8(2,3)4/h4-6,8-9H,7,10-11H2,1-3H3;5-12H2,1-4H3;5-9H2,1-4H3;4-8H2,1-3H3;8H,6-7H2,1-5H3;7H,4-6H2,1-3H3;4-7H2,1-3H3;5-7H2,1-4H3. The second kappa shape index (κ2) is 54.8. The maximum absolute atomic E-state index is 11.6. The number of hydrogen-bond acceptors (Lipinski definition) is 3. The summed E-state index contributed by atoms with van der Waals surface area (Å²) in [5, 5.41) is 0. The fourth-order valence-electron chi connectivity index (χ4n) is 8.55. The summed E-state index contributed by atoms with van der Waals surface area (Å²) in [6, 6.07) is 10.7. The normalized spacial score (nSPS) is 13.4. The van der Waals surface area contributed by atoms with Crippen LogP contribution in [0.15, 0.2) is 30.3 Å². The summed E-state index contributed by atoms with van der Waals surface area (Å²) in [6.07, 6.45) is 29.6. The van der Waals surface area contributed by atoms with Crippen molar-refractivity contribution in [3.05, 3.63) is 35.9 Å². The van der Waals surface area contributed by atoms with Crippen molar-refractivity contribution in [3.8, 4) is 0 Å². The Kier molecular flexibility index (Phi) is 61.3. The SMILES string of the molecule is CC(C)(C)CCCC(F)F.CC(C)(C)CCCCF.CC(C)(C)CCCc1ccccc1.CC(C)(C)CN1CCOCC1.CC(C)CCC(C)(C)C.CCCCC(C)(C)C.CCCCCCCCCC(C)(C)C.COCCCCCC(C)(C)C. The van der Waals surface area contributed by atoms with Crippen LogP contribution in [0.5, 0.6) is 0 Å². The molecule has 0 spiro atoms. The van der Waals surface area contributed by atoms with E-state index >= 15 is 0 Å². The number of benzene rings is 1. The summed E-state index contributed by atoms with van der Waals surface area (Å²) in [4.78, 5) is 2.48. The van der Waals surface area contributed by atoms with Crippen LogP contribution in [0.2, 0.25) is 0 Å². The summed E-state index contributed by atoms with van der Waals surface area (Å²) >= 11 is 0. The van der Waals surface area contributed by atoms with Gasteiger partial charge in [0.1, 0.15) is 0 Å². The fourth-order valence-corrected chi connectivity index (χ4v) is 8.55. The largest absolute Gasteiger partial charge is 0.385 e. The zero-order chi connectivity index (χ0) is 66.6. The molecular formula is C78H160F3NO2. The number of rotatable bonds is 26. The van der Waals surface area contributed by atoms with Gasteiger partial charge in [-0.3, -0.25) is 9.29 Å². The highest BCUT2D eigenvalue weighted by Gasteiger charge is 2.18. The first kappa shape index (κ1) is 94.0. The molecule has 0 amide bonds. The van der Waals surface area contributed by atoms with Crippen molar-refractivity contribution in [2.45, 2.75) is 367 Å². The van der Waals surface area contributed by atoms with Crippen LogP contribution >= 0.6 is 0 Å². The molecule has 1 aliphatic heterocycles. The molecule has 1 heterocycles. The van der Waals surface area contributed by atoms with Gasteiger partial charge in [0.25, 0.3) is 0 Å². The molecule has 0 aromatic heterocycles. The minimum atomic E-state index is -2.12. The van der Waals surface area contributed by atoms with Crippen LogP contribution in [0.1, 0.15) is 360 Å². The third kappa shape index (κ3) is 109.